The van der Waals surface area contributed by atoms with Crippen molar-refractivity contribution in [1.82, 2.24) is 0 Å². The summed E-state index contributed by atoms with van der Waals surface area (Å²) in [6.07, 6.45) is 95.5. The summed E-state index contributed by atoms with van der Waals surface area (Å²) >= 11 is 0. The van der Waals surface area contributed by atoms with E-state index in [1.165, 1.54) is 19.3 Å². The van der Waals surface area contributed by atoms with E-state index in [0.29, 0.717) is 17.4 Å². The van der Waals surface area contributed by atoms with Gasteiger partial charge in [0.15, 0.2) is 6.10 Å². The molecule has 0 fully saturated rings. The molecule has 0 aliphatic rings. The van der Waals surface area contributed by atoms with Crippen LogP contribution in [0.15, 0.2) is 182 Å². The van der Waals surface area contributed by atoms with Crippen LogP contribution in [0.25, 0.3) is 0 Å². The number of ether oxygens (including phenoxy) is 4. The van der Waals surface area contributed by atoms with Gasteiger partial charge in [0.2, 0.25) is 0 Å². The van der Waals surface area contributed by atoms with Gasteiger partial charge in [0, 0.05) is 12.8 Å². The fourth-order valence-electron chi connectivity index (χ4n) is 8.18. The molecule has 1 N–H and O–H groups in total. The Morgan fingerprint density at radius 1 is 0.353 bits per heavy atom. The van der Waals surface area contributed by atoms with Crippen molar-refractivity contribution in [2.75, 3.05) is 47.5 Å². The van der Waals surface area contributed by atoms with Crippen molar-refractivity contribution in [3.05, 3.63) is 182 Å². The van der Waals surface area contributed by atoms with Gasteiger partial charge in [0.05, 0.1) is 34.4 Å². The highest BCUT2D eigenvalue weighted by molar-refractivity contribution is 5.71. The van der Waals surface area contributed by atoms with E-state index in [-0.39, 0.29) is 38.6 Å². The van der Waals surface area contributed by atoms with Crippen LogP contribution < -0.4 is 0 Å². The second-order valence-electron chi connectivity index (χ2n) is 22.3. The Kier molecular flexibility index (Phi) is 60.1. The number of esters is 2. The molecule has 2 unspecified atom stereocenters. The molecule has 0 aromatic heterocycles. The topological polar surface area (TPSA) is 108 Å². The van der Waals surface area contributed by atoms with Crippen molar-refractivity contribution in [1.29, 1.82) is 0 Å². The van der Waals surface area contributed by atoms with Crippen molar-refractivity contribution in [3.8, 4) is 0 Å². The van der Waals surface area contributed by atoms with Gasteiger partial charge in [-0.15, -0.1) is 0 Å². The van der Waals surface area contributed by atoms with E-state index in [2.05, 4.69) is 196 Å². The van der Waals surface area contributed by atoms with Crippen LogP contribution in [0.2, 0.25) is 0 Å². The number of carboxylic acids is 1. The maximum Gasteiger partial charge on any atom is 0.361 e. The third-order valence-electron chi connectivity index (χ3n) is 13.2. The Morgan fingerprint density at radius 2 is 0.635 bits per heavy atom. The minimum atomic E-state index is -1.53. The first-order valence-electron chi connectivity index (χ1n) is 32.9. The standard InChI is InChI=1S/C76H119NO8/c1-6-8-10-12-14-16-18-20-22-24-26-28-30-31-32-33-34-35-36-37-38-39-40-41-42-43-45-47-49-51-53-55-57-59-61-63-65-67-74(79)85-72(71-84-76(75(80)81)82-69-68-77(3,4)5)70-83-73(78)66-64-62-60-58-56-54-52-50-48-46-44-29-27-25-23-21-19-17-15-13-11-9-7-2/h8-11,14-17,20-23,26-29,31-32,34-35,37-38,40-41,43,45-46,48-49,51,72,76H,6-7,12-13,18-19,24-25,30,33,36,39,42,44,47,50,52-71H2,1-5H3/p+1/b10-8-,11-9-,16-14-,17-15-,22-20-,23-21-,28-26-,29-27-,32-31-,35-34-,38-37-,41-40-,45-43-,48-46-,51-49-. The van der Waals surface area contributed by atoms with Gasteiger partial charge < -0.3 is 28.5 Å². The summed E-state index contributed by atoms with van der Waals surface area (Å²) in [6, 6.07) is 0. The first kappa shape index (κ1) is 79.4. The third-order valence-corrected chi connectivity index (χ3v) is 13.2. The molecule has 85 heavy (non-hydrogen) atoms. The number of hydrogen-bond donors (Lipinski definition) is 1. The number of nitrogens with zero attached hydrogens (tertiary/aromatic N) is 1. The van der Waals surface area contributed by atoms with Crippen LogP contribution in [-0.2, 0) is 33.3 Å². The first-order valence-corrected chi connectivity index (χ1v) is 32.9. The van der Waals surface area contributed by atoms with Crippen molar-refractivity contribution < 1.29 is 42.9 Å². The predicted octanol–water partition coefficient (Wildman–Crippen LogP) is 20.5. The number of unbranched alkanes of at least 4 members (excludes halogenated alkanes) is 13. The van der Waals surface area contributed by atoms with Gasteiger partial charge in [-0.1, -0.05) is 254 Å². The van der Waals surface area contributed by atoms with Gasteiger partial charge in [-0.05, 0) is 135 Å². The molecule has 0 aliphatic heterocycles. The molecule has 0 aromatic rings. The molecule has 0 saturated heterocycles. The van der Waals surface area contributed by atoms with Crippen LogP contribution >= 0.6 is 0 Å². The van der Waals surface area contributed by atoms with Gasteiger partial charge in [-0.3, -0.25) is 9.59 Å². The number of aliphatic carboxylic acids is 1. The lowest BCUT2D eigenvalue weighted by molar-refractivity contribution is -0.870. The van der Waals surface area contributed by atoms with E-state index in [1.807, 2.05) is 21.1 Å². The minimum Gasteiger partial charge on any atom is -0.477 e. The summed E-state index contributed by atoms with van der Waals surface area (Å²) in [5.41, 5.74) is 0. The smallest absolute Gasteiger partial charge is 0.361 e. The molecule has 0 aliphatic carbocycles. The molecule has 9 heteroatoms. The predicted molar refractivity (Wildman–Crippen MR) is 363 cm³/mol. The molecule has 0 radical (unpaired) electrons. The lowest BCUT2D eigenvalue weighted by Gasteiger charge is -2.25. The second kappa shape index (κ2) is 64.4. The van der Waals surface area contributed by atoms with E-state index < -0.39 is 24.3 Å². The van der Waals surface area contributed by atoms with Crippen LogP contribution in [0, 0.1) is 0 Å². The van der Waals surface area contributed by atoms with Crippen LogP contribution in [-0.4, -0.2) is 87.4 Å². The summed E-state index contributed by atoms with van der Waals surface area (Å²) in [6.45, 7) is 4.59. The van der Waals surface area contributed by atoms with Crippen LogP contribution in [0.1, 0.15) is 219 Å². The molecular formula is C76H120NO8+. The molecule has 0 amide bonds. The Labute approximate surface area is 519 Å². The normalized spacial score (nSPS) is 13.9. The number of rotatable bonds is 58. The van der Waals surface area contributed by atoms with Gasteiger partial charge in [-0.2, -0.15) is 0 Å². The maximum absolute atomic E-state index is 12.9. The number of likely N-dealkylation sites (N-methyl/N-ethyl adjacent to an activating group) is 1. The van der Waals surface area contributed by atoms with E-state index in [9.17, 15) is 19.5 Å². The van der Waals surface area contributed by atoms with Crippen LogP contribution in [0.5, 0.6) is 0 Å². The SMILES string of the molecule is CC/C=C\C/C=C\C/C=C\C/C=C\C/C=C\C/C=C\C/C=C\C/C=C\C/C=C\C/C=C\CCCCCCCCC(=O)OC(COC(=O)CCCCCCCCC/C=C\C/C=C\C/C=C\C/C=C\C/C=C\CC)COC(OCC[N+](C)(C)C)C(=O)O. The lowest BCUT2D eigenvalue weighted by atomic mass is 10.1. The highest BCUT2D eigenvalue weighted by Crippen LogP contribution is 2.14. The van der Waals surface area contributed by atoms with Crippen LogP contribution in [0.3, 0.4) is 0 Å². The molecule has 2 atom stereocenters. The van der Waals surface area contributed by atoms with Crippen molar-refractivity contribution >= 4 is 17.9 Å². The highest BCUT2D eigenvalue weighted by atomic mass is 16.7. The van der Waals surface area contributed by atoms with E-state index in [4.69, 9.17) is 18.9 Å². The summed E-state index contributed by atoms with van der Waals surface area (Å²) in [5, 5.41) is 9.73. The van der Waals surface area contributed by atoms with Crippen molar-refractivity contribution in [3.63, 3.8) is 0 Å². The van der Waals surface area contributed by atoms with Gasteiger partial charge >= 0.3 is 17.9 Å². The Balaban J connectivity index is 4.28. The molecule has 0 heterocycles. The number of carbonyl (C=O) groups excluding carboxylic acids is 2. The zero-order valence-corrected chi connectivity index (χ0v) is 54.2. The summed E-state index contributed by atoms with van der Waals surface area (Å²) in [4.78, 5) is 37.6. The number of hydrogen-bond acceptors (Lipinski definition) is 7. The van der Waals surface area contributed by atoms with E-state index in [1.54, 1.807) is 0 Å². The average Bonchev–Trinajstić information content (AvgIpc) is 3.48. The molecule has 0 saturated carbocycles. The molecule has 0 aromatic carbocycles. The molecule has 0 rings (SSSR count). The van der Waals surface area contributed by atoms with Crippen molar-refractivity contribution in [2.45, 2.75) is 232 Å². The first-order chi connectivity index (χ1) is 41.6. The Hall–Kier alpha value is -5.61. The van der Waals surface area contributed by atoms with Gasteiger partial charge in [0.1, 0.15) is 13.2 Å². The zero-order chi connectivity index (χ0) is 61.9. The molecule has 0 bridgehead atoms. The molecule has 476 valence electrons. The van der Waals surface area contributed by atoms with E-state index >= 15 is 0 Å². The van der Waals surface area contributed by atoms with Crippen molar-refractivity contribution in [2.24, 2.45) is 0 Å². The van der Waals surface area contributed by atoms with Gasteiger partial charge in [0.25, 0.3) is 6.29 Å². The lowest BCUT2D eigenvalue weighted by Crippen LogP contribution is -2.40. The Bertz CT molecular complexity index is 2050. The fourth-order valence-corrected chi connectivity index (χ4v) is 8.18. The zero-order valence-electron chi connectivity index (χ0n) is 54.2. The van der Waals surface area contributed by atoms with Crippen LogP contribution in [0.4, 0.5) is 0 Å². The number of allylic oxidation sites excluding steroid dienone is 30. The van der Waals surface area contributed by atoms with Gasteiger partial charge in [-0.25, -0.2) is 4.79 Å². The maximum atomic E-state index is 12.9. The molecular weight excluding hydrogens is 1050 g/mol. The second-order valence-corrected chi connectivity index (χ2v) is 22.3. The molecule has 9 nitrogen and oxygen atoms in total. The molecule has 0 spiro atoms. The monoisotopic (exact) mass is 1170 g/mol. The fraction of sp³-hybridized carbons (Fsp3) is 0.566. The summed E-state index contributed by atoms with van der Waals surface area (Å²) in [5.74, 6) is -2.06. The summed E-state index contributed by atoms with van der Waals surface area (Å²) < 4.78 is 22.9. The summed E-state index contributed by atoms with van der Waals surface area (Å²) in [7, 11) is 5.95. The number of carboxylic acid groups (broad SMARTS) is 1. The highest BCUT2D eigenvalue weighted by Gasteiger charge is 2.25. The largest absolute Gasteiger partial charge is 0.477 e. The quantitative estimate of drug-likeness (QED) is 0.0211. The third kappa shape index (κ3) is 65.8. The average molecular weight is 1180 g/mol. The Morgan fingerprint density at radius 3 is 0.941 bits per heavy atom. The number of carbonyl (C=O) groups is 3. The van der Waals surface area contributed by atoms with E-state index in [0.717, 1.165) is 167 Å². The number of quaternary nitrogens is 1. The minimum absolute atomic E-state index is 0.172.